The Morgan fingerprint density at radius 1 is 0.786 bits per heavy atom. The van der Waals surface area contributed by atoms with Gasteiger partial charge < -0.3 is 0 Å². The summed E-state index contributed by atoms with van der Waals surface area (Å²) in [6, 6.07) is 0. The van der Waals surface area contributed by atoms with E-state index in [9.17, 15) is 22.0 Å². The van der Waals surface area contributed by atoms with Crippen LogP contribution in [-0.2, 0) is 5.75 Å². The third kappa shape index (κ3) is 1.83. The van der Waals surface area contributed by atoms with E-state index in [4.69, 9.17) is 0 Å². The lowest BCUT2D eigenvalue weighted by Crippen LogP contribution is -2.05. The standard InChI is InChI=1S/C7H3F5S2/c8-3-2(1-14-13)4(9)6(11)7(12)5(3)10/h13H,1H2. The van der Waals surface area contributed by atoms with Gasteiger partial charge in [0, 0.05) is 11.3 Å². The van der Waals surface area contributed by atoms with E-state index in [-0.39, 0.29) is 0 Å². The molecule has 1 aromatic carbocycles. The van der Waals surface area contributed by atoms with Crippen molar-refractivity contribution in [2.75, 3.05) is 0 Å². The molecule has 14 heavy (non-hydrogen) atoms. The molecule has 0 aromatic heterocycles. The van der Waals surface area contributed by atoms with Crippen molar-refractivity contribution in [1.29, 1.82) is 0 Å². The van der Waals surface area contributed by atoms with Crippen molar-refractivity contribution in [3.8, 4) is 0 Å². The first-order valence-electron chi connectivity index (χ1n) is 3.27. The Bertz CT molecular complexity index is 337. The van der Waals surface area contributed by atoms with Gasteiger partial charge in [-0.1, -0.05) is 10.8 Å². The van der Waals surface area contributed by atoms with Gasteiger partial charge in [0.1, 0.15) is 0 Å². The largest absolute Gasteiger partial charge is 0.203 e. The Morgan fingerprint density at radius 2 is 1.14 bits per heavy atom. The molecule has 0 amide bonds. The minimum absolute atomic E-state index is 0.394. The summed E-state index contributed by atoms with van der Waals surface area (Å²) in [4.78, 5) is 0. The van der Waals surface area contributed by atoms with Gasteiger partial charge in [0.2, 0.25) is 5.82 Å². The van der Waals surface area contributed by atoms with Gasteiger partial charge in [0.05, 0.1) is 0 Å². The molecule has 0 aliphatic heterocycles. The Balaban J connectivity index is 3.43. The number of hydrogen-bond acceptors (Lipinski definition) is 2. The number of rotatable bonds is 2. The van der Waals surface area contributed by atoms with Crippen molar-refractivity contribution in [2.45, 2.75) is 5.75 Å². The second-order valence-corrected chi connectivity index (χ2v) is 3.64. The fraction of sp³-hybridized carbons (Fsp3) is 0.143. The van der Waals surface area contributed by atoms with Crippen molar-refractivity contribution in [3.63, 3.8) is 0 Å². The summed E-state index contributed by atoms with van der Waals surface area (Å²) in [6.07, 6.45) is 0. The van der Waals surface area contributed by atoms with Crippen LogP contribution in [0.25, 0.3) is 0 Å². The van der Waals surface area contributed by atoms with Crippen LogP contribution in [0.3, 0.4) is 0 Å². The SMILES string of the molecule is Fc1c(F)c(F)c(CSS)c(F)c1F. The normalized spacial score (nSPS) is 10.7. The van der Waals surface area contributed by atoms with Crippen LogP contribution in [0.1, 0.15) is 5.56 Å². The summed E-state index contributed by atoms with van der Waals surface area (Å²) in [7, 11) is 0.665. The van der Waals surface area contributed by atoms with Crippen molar-refractivity contribution in [1.82, 2.24) is 0 Å². The molecule has 0 radical (unpaired) electrons. The monoisotopic (exact) mass is 246 g/mol. The van der Waals surface area contributed by atoms with Crippen LogP contribution in [0.2, 0.25) is 0 Å². The summed E-state index contributed by atoms with van der Waals surface area (Å²) in [6.45, 7) is 0. The number of thiol groups is 1. The Kier molecular flexibility index (Phi) is 3.65. The predicted molar refractivity (Wildman–Crippen MR) is 46.5 cm³/mol. The minimum Gasteiger partial charge on any atom is -0.203 e. The van der Waals surface area contributed by atoms with Crippen molar-refractivity contribution in [3.05, 3.63) is 34.6 Å². The van der Waals surface area contributed by atoms with Gasteiger partial charge in [0.25, 0.3) is 0 Å². The molecule has 0 aliphatic carbocycles. The highest BCUT2D eigenvalue weighted by molar-refractivity contribution is 8.68. The smallest absolute Gasteiger partial charge is 0.200 e. The molecule has 0 N–H and O–H groups in total. The lowest BCUT2D eigenvalue weighted by Gasteiger charge is -2.05. The molecular formula is C7H3F5S2. The van der Waals surface area contributed by atoms with Crippen LogP contribution >= 0.6 is 22.5 Å². The van der Waals surface area contributed by atoms with Crippen molar-refractivity contribution in [2.24, 2.45) is 0 Å². The van der Waals surface area contributed by atoms with Crippen LogP contribution in [0.15, 0.2) is 0 Å². The molecule has 1 aromatic rings. The third-order valence-corrected chi connectivity index (χ3v) is 2.31. The summed E-state index contributed by atoms with van der Waals surface area (Å²) < 4.78 is 63.2. The van der Waals surface area contributed by atoms with Gasteiger partial charge >= 0.3 is 0 Å². The zero-order chi connectivity index (χ0) is 10.9. The number of halogens is 5. The first-order chi connectivity index (χ1) is 6.50. The molecule has 7 heteroatoms. The first kappa shape index (κ1) is 11.6. The van der Waals surface area contributed by atoms with Gasteiger partial charge in [0.15, 0.2) is 23.3 Å². The predicted octanol–water partition coefficient (Wildman–Crippen LogP) is 3.46. The van der Waals surface area contributed by atoms with E-state index < -0.39 is 40.4 Å². The molecule has 0 spiro atoms. The molecule has 0 fully saturated rings. The lowest BCUT2D eigenvalue weighted by molar-refractivity contribution is 0.372. The molecule has 0 atom stereocenters. The fourth-order valence-corrected chi connectivity index (χ4v) is 1.61. The van der Waals surface area contributed by atoms with E-state index in [0.29, 0.717) is 10.8 Å². The van der Waals surface area contributed by atoms with Gasteiger partial charge in [-0.05, 0) is 0 Å². The van der Waals surface area contributed by atoms with E-state index >= 15 is 0 Å². The van der Waals surface area contributed by atoms with Crippen molar-refractivity contribution >= 4 is 22.5 Å². The Morgan fingerprint density at radius 3 is 1.50 bits per heavy atom. The van der Waals surface area contributed by atoms with Gasteiger partial charge in [-0.15, -0.1) is 11.7 Å². The summed E-state index contributed by atoms with van der Waals surface area (Å²) in [5, 5.41) is 0. The zero-order valence-corrected chi connectivity index (χ0v) is 8.16. The molecule has 0 aliphatic rings. The van der Waals surface area contributed by atoms with Gasteiger partial charge in [-0.2, -0.15) is 0 Å². The minimum atomic E-state index is -2.15. The second kappa shape index (κ2) is 4.39. The summed E-state index contributed by atoms with van der Waals surface area (Å²) in [5.74, 6) is -10.0. The van der Waals surface area contributed by atoms with Crippen LogP contribution in [0.4, 0.5) is 22.0 Å². The fourth-order valence-electron chi connectivity index (χ4n) is 0.842. The van der Waals surface area contributed by atoms with E-state index in [1.807, 2.05) is 0 Å². The van der Waals surface area contributed by atoms with Gasteiger partial charge in [-0.25, -0.2) is 22.0 Å². The lowest BCUT2D eigenvalue weighted by atomic mass is 10.2. The molecule has 0 heterocycles. The Hall–Kier alpha value is -0.430. The van der Waals surface area contributed by atoms with E-state index in [1.165, 1.54) is 0 Å². The molecule has 0 saturated heterocycles. The summed E-state index contributed by atoms with van der Waals surface area (Å²) in [5.41, 5.74) is -0.860. The first-order valence-corrected chi connectivity index (χ1v) is 5.31. The topological polar surface area (TPSA) is 0 Å². The maximum Gasteiger partial charge on any atom is 0.200 e. The molecule has 1 rings (SSSR count). The van der Waals surface area contributed by atoms with Gasteiger partial charge in [-0.3, -0.25) is 0 Å². The molecule has 0 nitrogen and oxygen atoms in total. The van der Waals surface area contributed by atoms with Crippen molar-refractivity contribution < 1.29 is 22.0 Å². The third-order valence-electron chi connectivity index (χ3n) is 1.51. The zero-order valence-electron chi connectivity index (χ0n) is 6.45. The highest BCUT2D eigenvalue weighted by Gasteiger charge is 2.24. The van der Waals surface area contributed by atoms with E-state index in [0.717, 1.165) is 0 Å². The second-order valence-electron chi connectivity index (χ2n) is 2.32. The van der Waals surface area contributed by atoms with Crippen LogP contribution in [0, 0.1) is 29.1 Å². The Labute approximate surface area is 85.3 Å². The van der Waals surface area contributed by atoms with Crippen LogP contribution in [-0.4, -0.2) is 0 Å². The molecule has 0 unspecified atom stereocenters. The van der Waals surface area contributed by atoms with E-state index in [2.05, 4.69) is 11.7 Å². The number of benzene rings is 1. The van der Waals surface area contributed by atoms with E-state index in [1.54, 1.807) is 0 Å². The maximum atomic E-state index is 12.8. The number of hydrogen-bond donors (Lipinski definition) is 1. The molecular weight excluding hydrogens is 243 g/mol. The molecule has 0 bridgehead atoms. The molecule has 78 valence electrons. The average Bonchev–Trinajstić information content (AvgIpc) is 2.19. The van der Waals surface area contributed by atoms with Crippen LogP contribution < -0.4 is 0 Å². The highest BCUT2D eigenvalue weighted by atomic mass is 33.1. The summed E-state index contributed by atoms with van der Waals surface area (Å²) >= 11 is 3.57. The molecule has 0 saturated carbocycles. The highest BCUT2D eigenvalue weighted by Crippen LogP contribution is 2.26. The maximum absolute atomic E-state index is 12.8. The average molecular weight is 246 g/mol. The quantitative estimate of drug-likeness (QED) is 0.274. The van der Waals surface area contributed by atoms with Crippen LogP contribution in [0.5, 0.6) is 0 Å².